The van der Waals surface area contributed by atoms with Crippen molar-refractivity contribution in [1.82, 2.24) is 0 Å². The Morgan fingerprint density at radius 3 is 2.50 bits per heavy atom. The standard InChI is InChI=1S/C9H8F3/c1-7-2-4-8(5-3-7)9(11,12)6-10/h2,4-5H,6H2,1H3. The molecule has 0 aromatic heterocycles. The first-order valence-corrected chi connectivity index (χ1v) is 3.49. The zero-order valence-electron chi connectivity index (χ0n) is 6.57. The molecule has 0 nitrogen and oxygen atoms in total. The van der Waals surface area contributed by atoms with Gasteiger partial charge >= 0.3 is 5.92 Å². The first-order valence-electron chi connectivity index (χ1n) is 3.49. The van der Waals surface area contributed by atoms with Gasteiger partial charge in [0.2, 0.25) is 0 Å². The van der Waals surface area contributed by atoms with Crippen LogP contribution in [0.15, 0.2) is 18.2 Å². The maximum absolute atomic E-state index is 12.6. The Morgan fingerprint density at radius 1 is 1.42 bits per heavy atom. The average Bonchev–Trinajstić information content (AvgIpc) is 2.05. The molecule has 12 heavy (non-hydrogen) atoms. The van der Waals surface area contributed by atoms with E-state index in [4.69, 9.17) is 0 Å². The number of hydrogen-bond acceptors (Lipinski definition) is 0. The van der Waals surface area contributed by atoms with E-state index in [0.717, 1.165) is 11.6 Å². The number of hydrogen-bond donors (Lipinski definition) is 0. The average molecular weight is 173 g/mol. The summed E-state index contributed by atoms with van der Waals surface area (Å²) in [5, 5.41) is 0. The van der Waals surface area contributed by atoms with E-state index in [-0.39, 0.29) is 5.56 Å². The lowest BCUT2D eigenvalue weighted by atomic mass is 10.1. The number of benzene rings is 1. The van der Waals surface area contributed by atoms with Crippen molar-refractivity contribution in [2.75, 3.05) is 6.67 Å². The molecule has 0 aliphatic rings. The largest absolute Gasteiger partial charge is 0.301 e. The van der Waals surface area contributed by atoms with Crippen molar-refractivity contribution in [2.24, 2.45) is 0 Å². The molecule has 0 spiro atoms. The van der Waals surface area contributed by atoms with Crippen molar-refractivity contribution >= 4 is 0 Å². The van der Waals surface area contributed by atoms with Gasteiger partial charge in [0.15, 0.2) is 6.67 Å². The van der Waals surface area contributed by atoms with Crippen LogP contribution in [-0.2, 0) is 5.92 Å². The molecule has 0 bridgehead atoms. The summed E-state index contributed by atoms with van der Waals surface area (Å²) in [7, 11) is 0. The van der Waals surface area contributed by atoms with Gasteiger partial charge in [0.25, 0.3) is 0 Å². The second-order valence-corrected chi connectivity index (χ2v) is 2.60. The molecule has 0 aliphatic carbocycles. The van der Waals surface area contributed by atoms with Crippen molar-refractivity contribution in [2.45, 2.75) is 12.8 Å². The Morgan fingerprint density at radius 2 is 2.08 bits per heavy atom. The van der Waals surface area contributed by atoms with Crippen LogP contribution in [0.5, 0.6) is 0 Å². The molecular weight excluding hydrogens is 165 g/mol. The van der Waals surface area contributed by atoms with Gasteiger partial charge in [-0.25, -0.2) is 4.39 Å². The summed E-state index contributed by atoms with van der Waals surface area (Å²) in [5.74, 6) is -3.37. The van der Waals surface area contributed by atoms with Gasteiger partial charge in [-0.1, -0.05) is 12.1 Å². The summed E-state index contributed by atoms with van der Waals surface area (Å²) < 4.78 is 37.0. The molecule has 1 aromatic rings. The Bertz CT molecular complexity index is 251. The Labute approximate surface area is 69.0 Å². The fourth-order valence-electron chi connectivity index (χ4n) is 0.807. The highest BCUT2D eigenvalue weighted by Crippen LogP contribution is 2.27. The molecule has 1 rings (SSSR count). The Hall–Kier alpha value is -0.990. The van der Waals surface area contributed by atoms with Crippen LogP contribution >= 0.6 is 0 Å². The molecule has 65 valence electrons. The van der Waals surface area contributed by atoms with Crippen LogP contribution in [0.4, 0.5) is 13.2 Å². The SMILES string of the molecule is Cc1[c]cc(C(F)(F)CF)cc1. The molecule has 0 aliphatic heterocycles. The fourth-order valence-corrected chi connectivity index (χ4v) is 0.807. The zero-order chi connectivity index (χ0) is 9.19. The molecule has 1 aromatic carbocycles. The highest BCUT2D eigenvalue weighted by molar-refractivity contribution is 5.23. The third-order valence-corrected chi connectivity index (χ3v) is 1.56. The van der Waals surface area contributed by atoms with E-state index in [2.05, 4.69) is 6.07 Å². The lowest BCUT2D eigenvalue weighted by molar-refractivity contribution is -0.0281. The predicted octanol–water partition coefficient (Wildman–Crippen LogP) is 2.86. The molecule has 0 saturated carbocycles. The van der Waals surface area contributed by atoms with Crippen LogP contribution in [0, 0.1) is 13.0 Å². The number of aryl methyl sites for hydroxylation is 1. The van der Waals surface area contributed by atoms with Crippen molar-refractivity contribution in [1.29, 1.82) is 0 Å². The zero-order valence-corrected chi connectivity index (χ0v) is 6.57. The smallest absolute Gasteiger partial charge is 0.244 e. The van der Waals surface area contributed by atoms with Gasteiger partial charge in [-0.05, 0) is 24.6 Å². The maximum Gasteiger partial charge on any atom is 0.301 e. The van der Waals surface area contributed by atoms with Crippen LogP contribution in [-0.4, -0.2) is 6.67 Å². The summed E-state index contributed by atoms with van der Waals surface area (Å²) in [6.45, 7) is 0.0707. The molecule has 0 saturated heterocycles. The number of alkyl halides is 3. The molecule has 0 heterocycles. The maximum atomic E-state index is 12.6. The van der Waals surface area contributed by atoms with Gasteiger partial charge in [0, 0.05) is 5.56 Å². The molecule has 1 radical (unpaired) electrons. The molecule has 0 fully saturated rings. The second kappa shape index (κ2) is 3.17. The topological polar surface area (TPSA) is 0 Å². The van der Waals surface area contributed by atoms with Crippen molar-refractivity contribution in [3.63, 3.8) is 0 Å². The van der Waals surface area contributed by atoms with E-state index in [1.54, 1.807) is 6.92 Å². The summed E-state index contributed by atoms with van der Waals surface area (Å²) >= 11 is 0. The lowest BCUT2D eigenvalue weighted by Crippen LogP contribution is -2.15. The Kier molecular flexibility index (Phi) is 2.40. The molecule has 3 heteroatoms. The third-order valence-electron chi connectivity index (χ3n) is 1.56. The second-order valence-electron chi connectivity index (χ2n) is 2.60. The first-order chi connectivity index (χ1) is 5.56. The number of rotatable bonds is 2. The van der Waals surface area contributed by atoms with Gasteiger partial charge < -0.3 is 0 Å². The number of halogens is 3. The van der Waals surface area contributed by atoms with E-state index in [1.807, 2.05) is 0 Å². The highest BCUT2D eigenvalue weighted by atomic mass is 19.3. The van der Waals surface area contributed by atoms with E-state index in [9.17, 15) is 13.2 Å². The van der Waals surface area contributed by atoms with Crippen LogP contribution in [0.2, 0.25) is 0 Å². The van der Waals surface area contributed by atoms with E-state index in [0.29, 0.717) is 0 Å². The minimum absolute atomic E-state index is 0.324. The summed E-state index contributed by atoms with van der Waals surface area (Å²) in [6.07, 6.45) is 0. The summed E-state index contributed by atoms with van der Waals surface area (Å²) in [6, 6.07) is 6.41. The fraction of sp³-hybridized carbons (Fsp3) is 0.333. The minimum Gasteiger partial charge on any atom is -0.244 e. The molecule has 0 amide bonds. The molecule has 0 unspecified atom stereocenters. The normalized spacial score (nSPS) is 11.7. The molecule has 0 N–H and O–H groups in total. The Balaban J connectivity index is 2.96. The molecule has 0 atom stereocenters. The van der Waals surface area contributed by atoms with Crippen LogP contribution in [0.1, 0.15) is 11.1 Å². The third kappa shape index (κ3) is 1.78. The van der Waals surface area contributed by atoms with Crippen LogP contribution in [0.25, 0.3) is 0 Å². The van der Waals surface area contributed by atoms with E-state index >= 15 is 0 Å². The lowest BCUT2D eigenvalue weighted by Gasteiger charge is -2.11. The van der Waals surface area contributed by atoms with Gasteiger partial charge in [-0.15, -0.1) is 0 Å². The van der Waals surface area contributed by atoms with E-state index < -0.39 is 12.6 Å². The highest BCUT2D eigenvalue weighted by Gasteiger charge is 2.31. The predicted molar refractivity (Wildman–Crippen MR) is 39.9 cm³/mol. The summed E-state index contributed by atoms with van der Waals surface area (Å²) in [4.78, 5) is 0. The van der Waals surface area contributed by atoms with Crippen molar-refractivity contribution in [3.8, 4) is 0 Å². The quantitative estimate of drug-likeness (QED) is 0.645. The first kappa shape index (κ1) is 9.10. The van der Waals surface area contributed by atoms with Crippen LogP contribution < -0.4 is 0 Å². The van der Waals surface area contributed by atoms with Gasteiger partial charge in [0.1, 0.15) is 0 Å². The van der Waals surface area contributed by atoms with Crippen LogP contribution in [0.3, 0.4) is 0 Å². The minimum atomic E-state index is -3.37. The van der Waals surface area contributed by atoms with Gasteiger partial charge in [-0.3, -0.25) is 0 Å². The monoisotopic (exact) mass is 173 g/mol. The van der Waals surface area contributed by atoms with Gasteiger partial charge in [-0.2, -0.15) is 8.78 Å². The van der Waals surface area contributed by atoms with E-state index in [1.165, 1.54) is 12.1 Å². The van der Waals surface area contributed by atoms with Crippen molar-refractivity contribution < 1.29 is 13.2 Å². The summed E-state index contributed by atoms with van der Waals surface area (Å²) in [5.41, 5.74) is 0.434. The van der Waals surface area contributed by atoms with Crippen molar-refractivity contribution in [3.05, 3.63) is 35.4 Å². The molecular formula is C9H8F3. The van der Waals surface area contributed by atoms with Gasteiger partial charge in [0.05, 0.1) is 0 Å².